The molecule has 5 nitrogen and oxygen atoms in total. The van der Waals surface area contributed by atoms with E-state index in [1.807, 2.05) is 4.90 Å². The molecule has 2 heterocycles. The van der Waals surface area contributed by atoms with E-state index in [4.69, 9.17) is 0 Å². The number of thioether (sulfide) groups is 1. The molecule has 0 bridgehead atoms. The van der Waals surface area contributed by atoms with Crippen molar-refractivity contribution in [2.24, 2.45) is 5.92 Å². The molecule has 2 fully saturated rings. The molecule has 23 heavy (non-hydrogen) atoms. The van der Waals surface area contributed by atoms with Crippen LogP contribution in [-0.4, -0.2) is 54.0 Å². The van der Waals surface area contributed by atoms with Gasteiger partial charge in [0, 0.05) is 31.0 Å². The summed E-state index contributed by atoms with van der Waals surface area (Å²) in [5.41, 5.74) is 0.444. The van der Waals surface area contributed by atoms with Crippen molar-refractivity contribution in [1.82, 2.24) is 15.5 Å². The van der Waals surface area contributed by atoms with Gasteiger partial charge in [0.15, 0.2) is 0 Å². The number of hydrogen-bond acceptors (Lipinski definition) is 4. The van der Waals surface area contributed by atoms with Gasteiger partial charge in [-0.25, -0.2) is 4.39 Å². The molecule has 2 N–H and O–H groups in total. The van der Waals surface area contributed by atoms with Crippen molar-refractivity contribution >= 4 is 23.6 Å². The summed E-state index contributed by atoms with van der Waals surface area (Å²) in [6.07, 6.45) is 0.740. The fraction of sp³-hybridized carbons (Fsp3) is 0.500. The van der Waals surface area contributed by atoms with Gasteiger partial charge in [0.2, 0.25) is 5.91 Å². The highest BCUT2D eigenvalue weighted by Crippen LogP contribution is 2.20. The van der Waals surface area contributed by atoms with Crippen molar-refractivity contribution in [3.8, 4) is 0 Å². The Morgan fingerprint density at radius 1 is 1.35 bits per heavy atom. The molecule has 0 spiro atoms. The molecule has 2 amide bonds. The van der Waals surface area contributed by atoms with Gasteiger partial charge in [0.25, 0.3) is 5.91 Å². The van der Waals surface area contributed by atoms with E-state index in [9.17, 15) is 14.0 Å². The van der Waals surface area contributed by atoms with Gasteiger partial charge in [-0.2, -0.15) is 0 Å². The van der Waals surface area contributed by atoms with Crippen LogP contribution in [0.3, 0.4) is 0 Å². The molecule has 0 saturated carbocycles. The third kappa shape index (κ3) is 4.03. The number of carbonyl (C=O) groups excluding carboxylic acids is 2. The lowest BCUT2D eigenvalue weighted by atomic mass is 10.0. The normalized spacial score (nSPS) is 24.0. The zero-order chi connectivity index (χ0) is 16.2. The Morgan fingerprint density at radius 2 is 2.13 bits per heavy atom. The number of benzene rings is 1. The molecule has 0 aromatic heterocycles. The predicted molar refractivity (Wildman–Crippen MR) is 87.7 cm³/mol. The molecule has 2 saturated heterocycles. The second kappa shape index (κ2) is 7.31. The molecular formula is C16H20FN3O2S. The van der Waals surface area contributed by atoms with E-state index in [0.717, 1.165) is 31.1 Å². The molecule has 124 valence electrons. The predicted octanol–water partition coefficient (Wildman–Crippen LogP) is 1.07. The number of nitrogens with zero attached hydrogens (tertiary/aromatic N) is 1. The highest BCUT2D eigenvalue weighted by molar-refractivity contribution is 7.99. The van der Waals surface area contributed by atoms with Crippen molar-refractivity contribution in [3.05, 3.63) is 35.6 Å². The Bertz CT molecular complexity index is 575. The maximum atomic E-state index is 12.9. The van der Waals surface area contributed by atoms with E-state index in [1.54, 1.807) is 11.8 Å². The number of halogens is 1. The maximum absolute atomic E-state index is 12.9. The highest BCUT2D eigenvalue weighted by atomic mass is 32.2. The van der Waals surface area contributed by atoms with Crippen molar-refractivity contribution in [3.63, 3.8) is 0 Å². The van der Waals surface area contributed by atoms with Crippen LogP contribution in [0.2, 0.25) is 0 Å². The van der Waals surface area contributed by atoms with Crippen molar-refractivity contribution < 1.29 is 14.0 Å². The molecule has 0 aliphatic carbocycles. The summed E-state index contributed by atoms with van der Waals surface area (Å²) in [5, 5.41) is 6.11. The molecular weight excluding hydrogens is 317 g/mol. The minimum absolute atomic E-state index is 0.138. The van der Waals surface area contributed by atoms with E-state index in [0.29, 0.717) is 12.1 Å². The summed E-state index contributed by atoms with van der Waals surface area (Å²) in [5.74, 6) is 1.63. The fourth-order valence-corrected chi connectivity index (χ4v) is 3.86. The highest BCUT2D eigenvalue weighted by Gasteiger charge is 2.33. The number of nitrogens with one attached hydrogen (secondary N) is 2. The van der Waals surface area contributed by atoms with Crippen LogP contribution < -0.4 is 10.6 Å². The van der Waals surface area contributed by atoms with Crippen LogP contribution in [0.4, 0.5) is 4.39 Å². The van der Waals surface area contributed by atoms with Crippen LogP contribution in [0.5, 0.6) is 0 Å². The van der Waals surface area contributed by atoms with E-state index >= 15 is 0 Å². The van der Waals surface area contributed by atoms with E-state index in [1.165, 1.54) is 24.3 Å². The van der Waals surface area contributed by atoms with Crippen LogP contribution in [-0.2, 0) is 4.79 Å². The van der Waals surface area contributed by atoms with E-state index < -0.39 is 0 Å². The minimum Gasteiger partial charge on any atom is -0.352 e. The zero-order valence-electron chi connectivity index (χ0n) is 12.8. The Balaban J connectivity index is 1.45. The van der Waals surface area contributed by atoms with E-state index in [-0.39, 0.29) is 29.6 Å². The zero-order valence-corrected chi connectivity index (χ0v) is 13.6. The third-order valence-corrected chi connectivity index (χ3v) is 5.21. The molecule has 2 unspecified atom stereocenters. The lowest BCUT2D eigenvalue weighted by molar-refractivity contribution is -0.131. The van der Waals surface area contributed by atoms with Gasteiger partial charge in [0.05, 0.1) is 11.9 Å². The van der Waals surface area contributed by atoms with Crippen molar-refractivity contribution in [2.45, 2.75) is 12.5 Å². The van der Waals surface area contributed by atoms with Crippen LogP contribution >= 0.6 is 11.8 Å². The number of hydrogen-bond donors (Lipinski definition) is 2. The third-order valence-electron chi connectivity index (χ3n) is 4.24. The lowest BCUT2D eigenvalue weighted by Crippen LogP contribution is -2.42. The average molecular weight is 337 g/mol. The summed E-state index contributed by atoms with van der Waals surface area (Å²) in [6, 6.07) is 5.34. The molecule has 1 aromatic carbocycles. The summed E-state index contributed by atoms with van der Waals surface area (Å²) in [4.78, 5) is 26.2. The molecule has 3 rings (SSSR count). The Labute approximate surface area is 139 Å². The topological polar surface area (TPSA) is 61.4 Å². The fourth-order valence-electron chi connectivity index (χ4n) is 2.90. The maximum Gasteiger partial charge on any atom is 0.251 e. The Morgan fingerprint density at radius 3 is 2.83 bits per heavy atom. The Kier molecular flexibility index (Phi) is 5.17. The first-order chi connectivity index (χ1) is 11.1. The van der Waals surface area contributed by atoms with Crippen LogP contribution in [0.1, 0.15) is 16.8 Å². The molecule has 2 aliphatic rings. The first-order valence-corrected chi connectivity index (χ1v) is 8.92. The van der Waals surface area contributed by atoms with Gasteiger partial charge >= 0.3 is 0 Å². The second-order valence-corrected chi connectivity index (χ2v) is 6.99. The minimum atomic E-state index is -0.358. The number of amides is 2. The van der Waals surface area contributed by atoms with Crippen LogP contribution in [0.15, 0.2) is 24.3 Å². The average Bonchev–Trinajstić information content (AvgIpc) is 3.24. The summed E-state index contributed by atoms with van der Waals surface area (Å²) in [6.45, 7) is 2.07. The summed E-state index contributed by atoms with van der Waals surface area (Å²) >= 11 is 1.78. The largest absolute Gasteiger partial charge is 0.352 e. The standard InChI is InChI=1S/C16H20FN3O2S/c17-13-3-1-12(2-4-13)15(21)19-9-11-7-14(18-8-11)16(22)20-5-6-23-10-20/h1-4,11,14,18H,5-10H2,(H,19,21). The van der Waals surface area contributed by atoms with Gasteiger partial charge in [-0.3, -0.25) is 9.59 Å². The quantitative estimate of drug-likeness (QED) is 0.863. The molecule has 0 radical (unpaired) electrons. The molecule has 2 atom stereocenters. The lowest BCUT2D eigenvalue weighted by Gasteiger charge is -2.19. The van der Waals surface area contributed by atoms with Gasteiger partial charge in [0.1, 0.15) is 5.82 Å². The SMILES string of the molecule is O=C(NCC1CNC(C(=O)N2CCSC2)C1)c1ccc(F)cc1. The molecule has 1 aromatic rings. The second-order valence-electron chi connectivity index (χ2n) is 5.92. The van der Waals surface area contributed by atoms with Crippen molar-refractivity contribution in [1.29, 1.82) is 0 Å². The first-order valence-electron chi connectivity index (χ1n) is 7.77. The van der Waals surface area contributed by atoms with Gasteiger partial charge in [-0.05, 0) is 36.6 Å². The molecule has 7 heteroatoms. The summed E-state index contributed by atoms with van der Waals surface area (Å²) in [7, 11) is 0. The Hall–Kier alpha value is -1.60. The van der Waals surface area contributed by atoms with Crippen LogP contribution in [0.25, 0.3) is 0 Å². The first kappa shape index (κ1) is 16.3. The number of carbonyl (C=O) groups is 2. The van der Waals surface area contributed by atoms with Gasteiger partial charge in [-0.15, -0.1) is 11.8 Å². The summed E-state index contributed by atoms with van der Waals surface area (Å²) < 4.78 is 12.9. The monoisotopic (exact) mass is 337 g/mol. The van der Waals surface area contributed by atoms with Crippen molar-refractivity contribution in [2.75, 3.05) is 31.3 Å². The van der Waals surface area contributed by atoms with Gasteiger partial charge < -0.3 is 15.5 Å². The smallest absolute Gasteiger partial charge is 0.251 e. The van der Waals surface area contributed by atoms with Gasteiger partial charge in [-0.1, -0.05) is 0 Å². The van der Waals surface area contributed by atoms with E-state index in [2.05, 4.69) is 10.6 Å². The number of rotatable bonds is 4. The molecule has 2 aliphatic heterocycles. The van der Waals surface area contributed by atoms with Crippen LogP contribution in [0, 0.1) is 11.7 Å².